The first kappa shape index (κ1) is 35.7. The summed E-state index contributed by atoms with van der Waals surface area (Å²) < 4.78 is 42.7. The third-order valence-corrected chi connectivity index (χ3v) is 8.21. The Hall–Kier alpha value is -5.62. The Labute approximate surface area is 287 Å². The second kappa shape index (κ2) is 16.2. The summed E-state index contributed by atoms with van der Waals surface area (Å²) in [7, 11) is 0. The van der Waals surface area contributed by atoms with Crippen molar-refractivity contribution in [2.75, 3.05) is 11.4 Å². The Balaban J connectivity index is 1.35. The number of aliphatic hydroxyl groups excluding tert-OH is 1. The van der Waals surface area contributed by atoms with Crippen molar-refractivity contribution in [2.24, 2.45) is 0 Å². The minimum atomic E-state index is -4.83. The molecule has 260 valence electrons. The molecule has 0 saturated heterocycles. The van der Waals surface area contributed by atoms with Gasteiger partial charge < -0.3 is 25.6 Å². The summed E-state index contributed by atoms with van der Waals surface area (Å²) in [5.74, 6) is -2.36. The molecule has 0 heterocycles. The number of carboxylic acids is 1. The molecule has 3 amide bonds. The first-order valence-corrected chi connectivity index (χ1v) is 16.0. The fraction of sp³-hybridized carbons (Fsp3) is 0.237. The molecule has 1 aliphatic rings. The van der Waals surface area contributed by atoms with E-state index in [1.54, 1.807) is 59.5 Å². The number of hydrogen-bond donors (Lipinski definition) is 4. The number of allylic oxidation sites excluding steroid dienone is 2. The molecule has 0 spiro atoms. The van der Waals surface area contributed by atoms with E-state index < -0.39 is 36.9 Å². The van der Waals surface area contributed by atoms with Crippen LogP contribution in [0.25, 0.3) is 16.7 Å². The van der Waals surface area contributed by atoms with Crippen LogP contribution in [0.1, 0.15) is 52.7 Å². The highest BCUT2D eigenvalue weighted by molar-refractivity contribution is 5.95. The number of halogens is 3. The summed E-state index contributed by atoms with van der Waals surface area (Å²) in [5, 5.41) is 23.6. The molecule has 4 aromatic rings. The number of amides is 3. The number of aliphatic carboxylic acids is 1. The number of carboxylic acid groups (broad SMARTS) is 1. The number of aliphatic hydroxyl groups is 1. The first-order valence-electron chi connectivity index (χ1n) is 16.0. The van der Waals surface area contributed by atoms with Gasteiger partial charge in [-0.2, -0.15) is 0 Å². The van der Waals surface area contributed by atoms with Gasteiger partial charge in [0.05, 0.1) is 13.1 Å². The third-order valence-electron chi connectivity index (χ3n) is 8.21. The number of nitrogens with zero attached hydrogens (tertiary/aromatic N) is 1. The molecule has 5 rings (SSSR count). The number of hydrogen-bond acceptors (Lipinski definition) is 5. The lowest BCUT2D eigenvalue weighted by atomic mass is 9.93. The normalized spacial score (nSPS) is 13.5. The molecule has 0 unspecified atom stereocenters. The predicted octanol–water partition coefficient (Wildman–Crippen LogP) is 7.30. The smallest absolute Gasteiger partial charge is 0.479 e. The number of rotatable bonds is 12. The standard InChI is InChI=1S/C38H36F3N3O6/c39-38(40,41)50-32-11-6-10-29(21-32)33-12-5-4-9-30(33)22-43-37(49)44(31-19-17-27(18-20-31)26-7-2-1-3-8-26)24-25-13-15-28(16-14-25)35(46)42-23-34(45)36(47)48/h4-7,9-21,34,45H,1-3,8,22-24H2,(H,42,46)(H,43,49)(H,47,48)/t34-/m1/s1. The van der Waals surface area contributed by atoms with Crippen LogP contribution >= 0.6 is 0 Å². The molecule has 0 aliphatic heterocycles. The van der Waals surface area contributed by atoms with Crippen molar-refractivity contribution in [3.8, 4) is 16.9 Å². The maximum atomic E-state index is 13.9. The number of anilines is 1. The van der Waals surface area contributed by atoms with Gasteiger partial charge in [0, 0.05) is 17.8 Å². The van der Waals surface area contributed by atoms with E-state index in [0.717, 1.165) is 31.2 Å². The molecule has 1 atom stereocenters. The second-order valence-electron chi connectivity index (χ2n) is 11.8. The maximum absolute atomic E-state index is 13.9. The molecule has 0 saturated carbocycles. The van der Waals surface area contributed by atoms with E-state index >= 15 is 0 Å². The van der Waals surface area contributed by atoms with Gasteiger partial charge in [-0.25, -0.2) is 9.59 Å². The summed E-state index contributed by atoms with van der Waals surface area (Å²) in [6, 6.07) is 26.4. The summed E-state index contributed by atoms with van der Waals surface area (Å²) in [6.45, 7) is -0.249. The molecule has 4 aromatic carbocycles. The van der Waals surface area contributed by atoms with Crippen LogP contribution in [0.3, 0.4) is 0 Å². The summed E-state index contributed by atoms with van der Waals surface area (Å²) in [5.41, 5.74) is 5.71. The van der Waals surface area contributed by atoms with Crippen molar-refractivity contribution < 1.29 is 42.5 Å². The highest BCUT2D eigenvalue weighted by atomic mass is 19.4. The van der Waals surface area contributed by atoms with Crippen molar-refractivity contribution in [3.05, 3.63) is 125 Å². The van der Waals surface area contributed by atoms with Gasteiger partial charge in [-0.05, 0) is 95.5 Å². The Bertz CT molecular complexity index is 1840. The van der Waals surface area contributed by atoms with E-state index in [4.69, 9.17) is 5.11 Å². The van der Waals surface area contributed by atoms with Crippen LogP contribution in [-0.4, -0.2) is 47.1 Å². The Morgan fingerprint density at radius 2 is 1.60 bits per heavy atom. The van der Waals surface area contributed by atoms with E-state index in [9.17, 15) is 32.7 Å². The van der Waals surface area contributed by atoms with E-state index in [-0.39, 0.29) is 24.4 Å². The summed E-state index contributed by atoms with van der Waals surface area (Å²) >= 11 is 0. The number of benzene rings is 4. The third kappa shape index (κ3) is 9.73. The van der Waals surface area contributed by atoms with Gasteiger partial charge in [0.15, 0.2) is 6.10 Å². The minimum Gasteiger partial charge on any atom is -0.479 e. The van der Waals surface area contributed by atoms with Crippen LogP contribution in [0.15, 0.2) is 103 Å². The van der Waals surface area contributed by atoms with Crippen molar-refractivity contribution in [1.29, 1.82) is 0 Å². The fourth-order valence-corrected chi connectivity index (χ4v) is 5.64. The number of urea groups is 1. The molecule has 0 fully saturated rings. The molecule has 0 radical (unpaired) electrons. The number of ether oxygens (including phenoxy) is 1. The van der Waals surface area contributed by atoms with Crippen molar-refractivity contribution in [2.45, 2.75) is 51.2 Å². The lowest BCUT2D eigenvalue weighted by molar-refractivity contribution is -0.274. The average Bonchev–Trinajstić information content (AvgIpc) is 3.12. The van der Waals surface area contributed by atoms with E-state index in [1.165, 1.54) is 23.8 Å². The lowest BCUT2D eigenvalue weighted by Gasteiger charge is -2.25. The minimum absolute atomic E-state index is 0.0716. The molecule has 0 bridgehead atoms. The second-order valence-corrected chi connectivity index (χ2v) is 11.8. The number of nitrogens with one attached hydrogen (secondary N) is 2. The van der Waals surface area contributed by atoms with Crippen LogP contribution in [0.5, 0.6) is 5.75 Å². The van der Waals surface area contributed by atoms with E-state index in [0.29, 0.717) is 27.9 Å². The molecule has 1 aliphatic carbocycles. The van der Waals surface area contributed by atoms with Gasteiger partial charge in [0.2, 0.25) is 0 Å². The number of alkyl halides is 3. The molecule has 50 heavy (non-hydrogen) atoms. The molecule has 4 N–H and O–H groups in total. The Morgan fingerprint density at radius 3 is 2.28 bits per heavy atom. The fourth-order valence-electron chi connectivity index (χ4n) is 5.64. The zero-order valence-corrected chi connectivity index (χ0v) is 27.0. The molecule has 9 nitrogen and oxygen atoms in total. The summed E-state index contributed by atoms with van der Waals surface area (Å²) in [6.07, 6.45) is -0.0190. The quantitative estimate of drug-likeness (QED) is 0.124. The topological polar surface area (TPSA) is 128 Å². The van der Waals surface area contributed by atoms with E-state index in [1.807, 2.05) is 24.3 Å². The van der Waals surface area contributed by atoms with Crippen molar-refractivity contribution in [3.63, 3.8) is 0 Å². The monoisotopic (exact) mass is 687 g/mol. The van der Waals surface area contributed by atoms with Crippen LogP contribution in [-0.2, 0) is 17.9 Å². The zero-order valence-electron chi connectivity index (χ0n) is 27.0. The highest BCUT2D eigenvalue weighted by Crippen LogP contribution is 2.31. The SMILES string of the molecule is O=C(NC[C@@H](O)C(=O)O)c1ccc(CN(C(=O)NCc2ccccc2-c2cccc(OC(F)(F)F)c2)c2ccc(C3=CCCCC3)cc2)cc1. The molecule has 0 aromatic heterocycles. The van der Waals surface area contributed by atoms with Crippen LogP contribution in [0, 0.1) is 0 Å². The maximum Gasteiger partial charge on any atom is 0.573 e. The van der Waals surface area contributed by atoms with Gasteiger partial charge in [-0.3, -0.25) is 9.69 Å². The van der Waals surface area contributed by atoms with Gasteiger partial charge >= 0.3 is 18.4 Å². The van der Waals surface area contributed by atoms with Gasteiger partial charge in [-0.15, -0.1) is 13.2 Å². The van der Waals surface area contributed by atoms with Crippen molar-refractivity contribution in [1.82, 2.24) is 10.6 Å². The predicted molar refractivity (Wildman–Crippen MR) is 182 cm³/mol. The molecular weight excluding hydrogens is 651 g/mol. The van der Waals surface area contributed by atoms with Crippen molar-refractivity contribution >= 4 is 29.2 Å². The molecule has 12 heteroatoms. The Morgan fingerprint density at radius 1 is 0.860 bits per heavy atom. The lowest BCUT2D eigenvalue weighted by Crippen LogP contribution is -2.39. The van der Waals surface area contributed by atoms with E-state index in [2.05, 4.69) is 21.4 Å². The Kier molecular flexibility index (Phi) is 11.6. The largest absolute Gasteiger partial charge is 0.573 e. The average molecular weight is 688 g/mol. The van der Waals surface area contributed by atoms with Gasteiger partial charge in [0.1, 0.15) is 5.75 Å². The van der Waals surface area contributed by atoms with Gasteiger partial charge in [-0.1, -0.05) is 66.7 Å². The van der Waals surface area contributed by atoms with Crippen LogP contribution < -0.4 is 20.3 Å². The summed E-state index contributed by atoms with van der Waals surface area (Å²) in [4.78, 5) is 38.7. The van der Waals surface area contributed by atoms with Crippen LogP contribution in [0.4, 0.5) is 23.7 Å². The number of carbonyl (C=O) groups excluding carboxylic acids is 2. The zero-order chi connectivity index (χ0) is 35.7. The number of carbonyl (C=O) groups is 3. The highest BCUT2D eigenvalue weighted by Gasteiger charge is 2.31. The first-order chi connectivity index (χ1) is 24.0. The molecular formula is C38H36F3N3O6. The van der Waals surface area contributed by atoms with Gasteiger partial charge in [0.25, 0.3) is 5.91 Å². The van der Waals surface area contributed by atoms with Crippen LogP contribution in [0.2, 0.25) is 0 Å².